The number of hydrogen-bond donors (Lipinski definition) is 1. The van der Waals surface area contributed by atoms with Crippen LogP contribution in [-0.2, 0) is 19.2 Å². The minimum Gasteiger partial charge on any atom is -0.329 e. The Morgan fingerprint density at radius 1 is 1.44 bits per heavy atom. The first-order valence-corrected chi connectivity index (χ1v) is 8.84. The standard InChI is InChI=1S/C9H17O5PS/c1-4-5-9(8-16(11,12)13)6-7-14-15(2,3)10/h9H,6-8H2,1-3H3,(H,11,12,13). The summed E-state index contributed by atoms with van der Waals surface area (Å²) in [6, 6.07) is 0. The maximum absolute atomic E-state index is 11.2. The third-order valence-electron chi connectivity index (χ3n) is 1.63. The molecule has 1 unspecified atom stereocenters. The van der Waals surface area contributed by atoms with Crippen molar-refractivity contribution in [3.63, 3.8) is 0 Å². The summed E-state index contributed by atoms with van der Waals surface area (Å²) in [6.45, 7) is 4.72. The first-order valence-electron chi connectivity index (χ1n) is 4.71. The fourth-order valence-corrected chi connectivity index (χ4v) is 2.37. The largest absolute Gasteiger partial charge is 0.329 e. The van der Waals surface area contributed by atoms with E-state index >= 15 is 0 Å². The molecule has 0 fully saturated rings. The van der Waals surface area contributed by atoms with Gasteiger partial charge in [-0.15, -0.1) is 5.92 Å². The van der Waals surface area contributed by atoms with Crippen LogP contribution in [0, 0.1) is 17.8 Å². The molecule has 7 heteroatoms. The summed E-state index contributed by atoms with van der Waals surface area (Å²) in [5.41, 5.74) is 0. The minimum atomic E-state index is -4.04. The molecule has 5 nitrogen and oxygen atoms in total. The first-order chi connectivity index (χ1) is 7.14. The van der Waals surface area contributed by atoms with Crippen molar-refractivity contribution >= 4 is 17.5 Å². The number of rotatable bonds is 6. The van der Waals surface area contributed by atoms with Crippen LogP contribution in [0.3, 0.4) is 0 Å². The molecular weight excluding hydrogens is 251 g/mol. The van der Waals surface area contributed by atoms with Gasteiger partial charge in [0.1, 0.15) is 0 Å². The van der Waals surface area contributed by atoms with Gasteiger partial charge in [-0.25, -0.2) is 0 Å². The van der Waals surface area contributed by atoms with Gasteiger partial charge >= 0.3 is 0 Å². The molecule has 0 saturated carbocycles. The van der Waals surface area contributed by atoms with Crippen LogP contribution < -0.4 is 0 Å². The molecular formula is C9H17O5PS. The highest BCUT2D eigenvalue weighted by atomic mass is 32.2. The highest BCUT2D eigenvalue weighted by Gasteiger charge is 2.16. The van der Waals surface area contributed by atoms with Crippen LogP contribution in [0.15, 0.2) is 0 Å². The molecule has 0 amide bonds. The van der Waals surface area contributed by atoms with Crippen LogP contribution >= 0.6 is 7.37 Å². The highest BCUT2D eigenvalue weighted by molar-refractivity contribution is 7.85. The summed E-state index contributed by atoms with van der Waals surface area (Å²) >= 11 is 0. The van der Waals surface area contributed by atoms with Crippen molar-refractivity contribution in [2.75, 3.05) is 25.7 Å². The lowest BCUT2D eigenvalue weighted by atomic mass is 10.1. The van der Waals surface area contributed by atoms with Gasteiger partial charge in [0.25, 0.3) is 10.1 Å². The van der Waals surface area contributed by atoms with E-state index in [1.54, 1.807) is 6.92 Å². The lowest BCUT2D eigenvalue weighted by Crippen LogP contribution is -2.15. The first kappa shape index (κ1) is 15.7. The van der Waals surface area contributed by atoms with E-state index in [0.29, 0.717) is 6.42 Å². The van der Waals surface area contributed by atoms with Crippen LogP contribution in [0.2, 0.25) is 0 Å². The smallest absolute Gasteiger partial charge is 0.266 e. The van der Waals surface area contributed by atoms with Crippen molar-refractivity contribution in [3.05, 3.63) is 0 Å². The van der Waals surface area contributed by atoms with Crippen LogP contribution in [0.1, 0.15) is 13.3 Å². The third kappa shape index (κ3) is 10.2. The molecule has 0 aliphatic heterocycles. The summed E-state index contributed by atoms with van der Waals surface area (Å²) in [5.74, 6) is 4.34. The Morgan fingerprint density at radius 2 is 2.00 bits per heavy atom. The third-order valence-corrected chi connectivity index (χ3v) is 3.26. The van der Waals surface area contributed by atoms with E-state index in [1.807, 2.05) is 0 Å². The van der Waals surface area contributed by atoms with E-state index in [-0.39, 0.29) is 6.61 Å². The van der Waals surface area contributed by atoms with E-state index in [0.717, 1.165) is 0 Å². The summed E-state index contributed by atoms with van der Waals surface area (Å²) in [5, 5.41) is 0. The fourth-order valence-electron chi connectivity index (χ4n) is 1.07. The lowest BCUT2D eigenvalue weighted by molar-refractivity contribution is 0.301. The quantitative estimate of drug-likeness (QED) is 0.448. The molecule has 16 heavy (non-hydrogen) atoms. The van der Waals surface area contributed by atoms with E-state index in [4.69, 9.17) is 9.08 Å². The van der Waals surface area contributed by atoms with Gasteiger partial charge in [-0.3, -0.25) is 9.12 Å². The summed E-state index contributed by atoms with van der Waals surface area (Å²) in [6.07, 6.45) is 0.326. The van der Waals surface area contributed by atoms with Crippen LogP contribution in [-0.4, -0.2) is 38.7 Å². The minimum absolute atomic E-state index is 0.166. The van der Waals surface area contributed by atoms with Gasteiger partial charge in [-0.05, 0) is 13.3 Å². The zero-order valence-electron chi connectivity index (χ0n) is 9.63. The molecule has 0 aromatic rings. The highest BCUT2D eigenvalue weighted by Crippen LogP contribution is 2.37. The normalized spacial score (nSPS) is 14.0. The Labute approximate surface area is 96.8 Å². The maximum atomic E-state index is 11.2. The maximum Gasteiger partial charge on any atom is 0.266 e. The molecule has 1 atom stereocenters. The molecule has 0 aliphatic rings. The van der Waals surface area contributed by atoms with Gasteiger partial charge in [-0.2, -0.15) is 8.42 Å². The van der Waals surface area contributed by atoms with Crippen LogP contribution in [0.5, 0.6) is 0 Å². The van der Waals surface area contributed by atoms with E-state index in [9.17, 15) is 13.0 Å². The molecule has 0 aromatic carbocycles. The molecule has 0 bridgehead atoms. The molecule has 1 N–H and O–H groups in total. The average Bonchev–Trinajstić information content (AvgIpc) is 1.98. The van der Waals surface area contributed by atoms with Crippen molar-refractivity contribution in [1.29, 1.82) is 0 Å². The Bertz CT molecular complexity index is 411. The molecule has 0 radical (unpaired) electrons. The topological polar surface area (TPSA) is 80.7 Å². The van der Waals surface area contributed by atoms with Crippen molar-refractivity contribution in [3.8, 4) is 11.8 Å². The Kier molecular flexibility index (Phi) is 6.27. The zero-order chi connectivity index (χ0) is 12.8. The monoisotopic (exact) mass is 268 g/mol. The van der Waals surface area contributed by atoms with Crippen LogP contribution in [0.25, 0.3) is 0 Å². The molecule has 94 valence electrons. The molecule has 0 aliphatic carbocycles. The van der Waals surface area contributed by atoms with Gasteiger partial charge in [0.15, 0.2) is 7.37 Å². The van der Waals surface area contributed by atoms with E-state index in [1.165, 1.54) is 13.3 Å². The van der Waals surface area contributed by atoms with Gasteiger partial charge in [0.05, 0.1) is 12.4 Å². The van der Waals surface area contributed by atoms with Gasteiger partial charge in [0, 0.05) is 19.2 Å². The molecule has 0 rings (SSSR count). The fraction of sp³-hybridized carbons (Fsp3) is 0.778. The second kappa shape index (κ2) is 6.41. The Hall–Kier alpha value is -0.340. The van der Waals surface area contributed by atoms with Crippen molar-refractivity contribution < 1.29 is 22.1 Å². The Morgan fingerprint density at radius 3 is 2.38 bits per heavy atom. The van der Waals surface area contributed by atoms with E-state index < -0.39 is 29.2 Å². The molecule has 0 aromatic heterocycles. The molecule has 0 heterocycles. The predicted octanol–water partition coefficient (Wildman–Crippen LogP) is 1.46. The van der Waals surface area contributed by atoms with Gasteiger partial charge < -0.3 is 4.52 Å². The average molecular weight is 268 g/mol. The van der Waals surface area contributed by atoms with E-state index in [2.05, 4.69) is 11.8 Å². The van der Waals surface area contributed by atoms with Gasteiger partial charge in [0.2, 0.25) is 0 Å². The second-order valence-corrected chi connectivity index (χ2v) is 7.97. The van der Waals surface area contributed by atoms with Crippen LogP contribution in [0.4, 0.5) is 0 Å². The van der Waals surface area contributed by atoms with Crippen molar-refractivity contribution in [2.45, 2.75) is 13.3 Å². The summed E-state index contributed by atoms with van der Waals surface area (Å²) < 4.78 is 46.3. The lowest BCUT2D eigenvalue weighted by Gasteiger charge is -2.11. The van der Waals surface area contributed by atoms with Crippen molar-refractivity contribution in [2.24, 2.45) is 5.92 Å². The molecule has 0 saturated heterocycles. The molecule has 0 spiro atoms. The van der Waals surface area contributed by atoms with Crippen molar-refractivity contribution in [1.82, 2.24) is 0 Å². The Balaban J connectivity index is 4.25. The number of hydrogen-bond acceptors (Lipinski definition) is 4. The predicted molar refractivity (Wildman–Crippen MR) is 63.4 cm³/mol. The summed E-state index contributed by atoms with van der Waals surface area (Å²) in [7, 11) is -6.59. The second-order valence-electron chi connectivity index (χ2n) is 3.71. The summed E-state index contributed by atoms with van der Waals surface area (Å²) in [4.78, 5) is 0. The zero-order valence-corrected chi connectivity index (χ0v) is 11.3. The SMILES string of the molecule is CC#CC(CCOP(C)(C)=O)CS(=O)(=O)O. The van der Waals surface area contributed by atoms with Gasteiger partial charge in [-0.1, -0.05) is 5.92 Å².